The second-order valence-corrected chi connectivity index (χ2v) is 6.88. The van der Waals surface area contributed by atoms with E-state index in [0.29, 0.717) is 23.8 Å². The van der Waals surface area contributed by atoms with Crippen LogP contribution in [0.15, 0.2) is 24.3 Å². The number of carbonyl (C=O) groups is 2. The number of carboxylic acids is 1. The molecule has 0 fully saturated rings. The first-order valence-corrected chi connectivity index (χ1v) is 9.08. The molecule has 0 heterocycles. The number of hydrogen-bond donors (Lipinski definition) is 2. The predicted molar refractivity (Wildman–Crippen MR) is 88.8 cm³/mol. The fraction of sp³-hybridized carbons (Fsp3) is 0.385. The van der Waals surface area contributed by atoms with Crippen LogP contribution < -0.4 is 10.1 Å². The van der Waals surface area contributed by atoms with E-state index in [9.17, 15) is 19.7 Å². The van der Waals surface area contributed by atoms with E-state index in [1.54, 1.807) is 0 Å². The molecule has 126 valence electrons. The Morgan fingerprint density at radius 3 is 2.48 bits per heavy atom. The molecule has 2 N–H and O–H groups in total. The molecule has 23 heavy (non-hydrogen) atoms. The summed E-state index contributed by atoms with van der Waals surface area (Å²) in [5.41, 5.74) is -0.0424. The number of carbonyl (C=O) groups excluding carboxylic acids is 1. The van der Waals surface area contributed by atoms with Crippen LogP contribution in [0.4, 0.5) is 5.69 Å². The van der Waals surface area contributed by atoms with Gasteiger partial charge in [-0.15, -0.1) is 0 Å². The number of hydrogen-bond acceptors (Lipinski definition) is 7. The number of nitro benzene ring substituents is 1. The molecule has 0 aliphatic heterocycles. The number of carboxylic acid groups (broad SMARTS) is 1. The van der Waals surface area contributed by atoms with Crippen molar-refractivity contribution >= 4 is 39.2 Å². The van der Waals surface area contributed by atoms with Crippen LogP contribution in [0, 0.1) is 10.1 Å². The molecule has 10 heteroatoms. The van der Waals surface area contributed by atoms with E-state index in [1.165, 1.54) is 45.9 Å². The van der Waals surface area contributed by atoms with Crippen molar-refractivity contribution in [3.63, 3.8) is 0 Å². The molecular weight excluding hydrogens is 344 g/mol. The molecule has 1 amide bonds. The largest absolute Gasteiger partial charge is 0.484 e. The summed E-state index contributed by atoms with van der Waals surface area (Å²) in [7, 11) is 2.94. The molecule has 0 aliphatic rings. The molecule has 0 saturated carbocycles. The number of non-ortho nitro benzene ring substituents is 1. The molecule has 0 atom stereocenters. The van der Waals surface area contributed by atoms with Crippen LogP contribution in [0.25, 0.3) is 0 Å². The van der Waals surface area contributed by atoms with Gasteiger partial charge in [-0.1, -0.05) is 21.6 Å². The Hall–Kier alpha value is -1.94. The van der Waals surface area contributed by atoms with Gasteiger partial charge in [-0.05, 0) is 12.1 Å². The summed E-state index contributed by atoms with van der Waals surface area (Å²) in [6.07, 6.45) is 0.118. The van der Waals surface area contributed by atoms with Gasteiger partial charge in [-0.2, -0.15) is 0 Å². The van der Waals surface area contributed by atoms with Crippen molar-refractivity contribution in [2.24, 2.45) is 0 Å². The highest BCUT2D eigenvalue weighted by Gasteiger charge is 2.06. The van der Waals surface area contributed by atoms with Gasteiger partial charge in [0.2, 0.25) is 0 Å². The van der Waals surface area contributed by atoms with Gasteiger partial charge < -0.3 is 15.2 Å². The van der Waals surface area contributed by atoms with E-state index in [4.69, 9.17) is 9.84 Å². The second kappa shape index (κ2) is 10.7. The lowest BCUT2D eigenvalue weighted by atomic mass is 10.3. The summed E-state index contributed by atoms with van der Waals surface area (Å²) >= 11 is 0. The van der Waals surface area contributed by atoms with Gasteiger partial charge in [0.25, 0.3) is 11.6 Å². The molecule has 8 nitrogen and oxygen atoms in total. The first kappa shape index (κ1) is 19.1. The minimum absolute atomic E-state index is 0.0424. The van der Waals surface area contributed by atoms with Crippen LogP contribution in [0.1, 0.15) is 6.42 Å². The maximum atomic E-state index is 11.5. The number of rotatable bonds is 11. The van der Waals surface area contributed by atoms with Gasteiger partial charge in [0.15, 0.2) is 6.61 Å². The fourth-order valence-corrected chi connectivity index (χ4v) is 3.23. The van der Waals surface area contributed by atoms with E-state index in [-0.39, 0.29) is 24.6 Å². The van der Waals surface area contributed by atoms with Gasteiger partial charge in [0, 0.05) is 30.2 Å². The quantitative estimate of drug-likeness (QED) is 0.266. The van der Waals surface area contributed by atoms with E-state index in [0.717, 1.165) is 0 Å². The molecule has 0 spiro atoms. The Labute approximate surface area is 140 Å². The van der Waals surface area contributed by atoms with Crippen molar-refractivity contribution in [2.75, 3.05) is 24.7 Å². The van der Waals surface area contributed by atoms with E-state index < -0.39 is 10.9 Å². The minimum atomic E-state index is -0.824. The van der Waals surface area contributed by atoms with Gasteiger partial charge >= 0.3 is 5.97 Å². The van der Waals surface area contributed by atoms with Gasteiger partial charge in [0.05, 0.1) is 11.3 Å². The van der Waals surface area contributed by atoms with Crippen molar-refractivity contribution in [1.29, 1.82) is 0 Å². The molecule has 0 saturated heterocycles. The van der Waals surface area contributed by atoms with Crippen molar-refractivity contribution in [3.8, 4) is 5.75 Å². The number of nitro groups is 1. The Kier molecular flexibility index (Phi) is 8.91. The lowest BCUT2D eigenvalue weighted by molar-refractivity contribution is -0.384. The molecule has 0 aliphatic carbocycles. The van der Waals surface area contributed by atoms with Crippen molar-refractivity contribution in [3.05, 3.63) is 34.4 Å². The Morgan fingerprint density at radius 2 is 1.87 bits per heavy atom. The molecule has 1 rings (SSSR count). The minimum Gasteiger partial charge on any atom is -0.484 e. The Balaban J connectivity index is 2.10. The fourth-order valence-electron chi connectivity index (χ4n) is 1.34. The number of nitrogens with one attached hydrogen (secondary N) is 1. The molecule has 0 bridgehead atoms. The third kappa shape index (κ3) is 8.94. The highest BCUT2D eigenvalue weighted by atomic mass is 33.1. The number of amides is 1. The van der Waals surface area contributed by atoms with Crippen LogP contribution in [0.5, 0.6) is 5.75 Å². The van der Waals surface area contributed by atoms with Gasteiger partial charge in [-0.3, -0.25) is 19.7 Å². The van der Waals surface area contributed by atoms with Gasteiger partial charge in [0.1, 0.15) is 5.75 Å². The zero-order valence-corrected chi connectivity index (χ0v) is 13.7. The summed E-state index contributed by atoms with van der Waals surface area (Å²) in [6.45, 7) is 0.280. The summed E-state index contributed by atoms with van der Waals surface area (Å²) in [4.78, 5) is 31.8. The number of benzene rings is 1. The number of aliphatic carboxylic acids is 1. The zero-order valence-electron chi connectivity index (χ0n) is 12.1. The third-order valence-electron chi connectivity index (χ3n) is 2.41. The average molecular weight is 360 g/mol. The van der Waals surface area contributed by atoms with Gasteiger partial charge in [-0.25, -0.2) is 0 Å². The highest BCUT2D eigenvalue weighted by Crippen LogP contribution is 2.21. The monoisotopic (exact) mass is 360 g/mol. The molecule has 0 aromatic heterocycles. The first-order valence-electron chi connectivity index (χ1n) is 6.59. The Bertz CT molecular complexity index is 538. The molecular formula is C13H16N2O6S2. The third-order valence-corrected chi connectivity index (χ3v) is 4.82. The summed E-state index contributed by atoms with van der Waals surface area (Å²) in [5.74, 6) is 0.448. The van der Waals surface area contributed by atoms with Crippen molar-refractivity contribution in [2.45, 2.75) is 6.42 Å². The molecule has 0 unspecified atom stereocenters. The highest BCUT2D eigenvalue weighted by molar-refractivity contribution is 8.76. The van der Waals surface area contributed by atoms with Crippen LogP contribution >= 0.6 is 21.6 Å². The lowest BCUT2D eigenvalue weighted by Crippen LogP contribution is -2.30. The van der Waals surface area contributed by atoms with Crippen LogP contribution in [-0.4, -0.2) is 46.6 Å². The van der Waals surface area contributed by atoms with E-state index >= 15 is 0 Å². The normalized spacial score (nSPS) is 10.1. The molecule has 1 aromatic rings. The number of ether oxygens (including phenoxy) is 1. The average Bonchev–Trinajstić information content (AvgIpc) is 2.52. The topological polar surface area (TPSA) is 119 Å². The molecule has 0 radical (unpaired) electrons. The van der Waals surface area contributed by atoms with Crippen molar-refractivity contribution < 1.29 is 24.4 Å². The van der Waals surface area contributed by atoms with E-state index in [1.807, 2.05) is 0 Å². The SMILES string of the molecule is O=C(O)CCSSCCNC(=O)COc1ccc([N+](=O)[O-])cc1. The van der Waals surface area contributed by atoms with Crippen molar-refractivity contribution in [1.82, 2.24) is 5.32 Å². The Morgan fingerprint density at radius 1 is 1.22 bits per heavy atom. The van der Waals surface area contributed by atoms with Crippen LogP contribution in [0.3, 0.4) is 0 Å². The maximum Gasteiger partial charge on any atom is 0.304 e. The summed E-state index contributed by atoms with van der Waals surface area (Å²) < 4.78 is 5.21. The first-order chi connectivity index (χ1) is 11.0. The van der Waals surface area contributed by atoms with Crippen LogP contribution in [0.2, 0.25) is 0 Å². The standard InChI is InChI=1S/C13H16N2O6S2/c16-12(14-6-8-23-22-7-5-13(17)18)9-21-11-3-1-10(2-4-11)15(19)20/h1-4H,5-9H2,(H,14,16)(H,17,18). The summed E-state index contributed by atoms with van der Waals surface area (Å²) in [5, 5.41) is 21.6. The smallest absolute Gasteiger partial charge is 0.304 e. The number of nitrogens with zero attached hydrogens (tertiary/aromatic N) is 1. The van der Waals surface area contributed by atoms with Crippen LogP contribution in [-0.2, 0) is 9.59 Å². The second-order valence-electron chi connectivity index (χ2n) is 4.18. The molecule has 1 aromatic carbocycles. The predicted octanol–water partition coefficient (Wildman–Crippen LogP) is 1.95. The zero-order chi connectivity index (χ0) is 17.1. The van der Waals surface area contributed by atoms with E-state index in [2.05, 4.69) is 5.32 Å². The lowest BCUT2D eigenvalue weighted by Gasteiger charge is -2.07. The maximum absolute atomic E-state index is 11.5. The summed E-state index contributed by atoms with van der Waals surface area (Å²) in [6, 6.07) is 5.47.